The normalized spacial score (nSPS) is 11.4. The van der Waals surface area contributed by atoms with Crippen molar-refractivity contribution in [2.45, 2.75) is 27.7 Å². The van der Waals surface area contributed by atoms with Crippen LogP contribution in [-0.4, -0.2) is 28.4 Å². The van der Waals surface area contributed by atoms with E-state index in [-0.39, 0.29) is 5.78 Å². The van der Waals surface area contributed by atoms with Crippen LogP contribution in [0.2, 0.25) is 0 Å². The van der Waals surface area contributed by atoms with Crippen molar-refractivity contribution in [3.8, 4) is 11.5 Å². The van der Waals surface area contributed by atoms with Crippen LogP contribution in [0.1, 0.15) is 40.5 Å². The molecule has 0 saturated heterocycles. The largest absolute Gasteiger partial charge is 0.494 e. The van der Waals surface area contributed by atoms with E-state index in [2.05, 4.69) is 4.98 Å². The number of carbonyl (C=O) groups is 1. The molecular formula is C20H22N2O3S. The second-order valence-electron chi connectivity index (χ2n) is 5.80. The van der Waals surface area contributed by atoms with Gasteiger partial charge in [0.1, 0.15) is 11.5 Å². The molecule has 0 bridgehead atoms. The number of hydrogen-bond donors (Lipinski definition) is 0. The molecule has 3 aromatic rings. The zero-order valence-corrected chi connectivity index (χ0v) is 16.2. The molecule has 0 N–H and O–H groups in total. The van der Waals surface area contributed by atoms with Gasteiger partial charge in [0.2, 0.25) is 0 Å². The predicted octanol–water partition coefficient (Wildman–Crippen LogP) is 4.71. The molecule has 2 aromatic heterocycles. The Labute approximate surface area is 156 Å². The Hall–Kier alpha value is -2.60. The van der Waals surface area contributed by atoms with Crippen molar-refractivity contribution in [1.29, 1.82) is 0 Å². The van der Waals surface area contributed by atoms with Gasteiger partial charge in [0.25, 0.3) is 0 Å². The third-order valence-electron chi connectivity index (χ3n) is 3.88. The van der Waals surface area contributed by atoms with Gasteiger partial charge in [-0.1, -0.05) is 0 Å². The standard InChI is InChI=1S/C20H22N2O3S/c1-5-24-15-7-10-19(25-6-2)16(11-15)18(23)9-8-17-14(4)21-20-22(17)12-13(3)26-20/h7-12H,5-6H2,1-4H3/b9-8+. The second kappa shape index (κ2) is 7.74. The predicted molar refractivity (Wildman–Crippen MR) is 105 cm³/mol. The lowest BCUT2D eigenvalue weighted by Crippen LogP contribution is -2.03. The summed E-state index contributed by atoms with van der Waals surface area (Å²) in [6, 6.07) is 5.32. The Bertz CT molecular complexity index is 969. The van der Waals surface area contributed by atoms with E-state index in [1.165, 1.54) is 4.88 Å². The molecule has 6 heteroatoms. The van der Waals surface area contributed by atoms with Crippen molar-refractivity contribution in [1.82, 2.24) is 9.38 Å². The lowest BCUT2D eigenvalue weighted by molar-refractivity contribution is 0.104. The first kappa shape index (κ1) is 18.2. The second-order valence-corrected chi connectivity index (χ2v) is 7.01. The van der Waals surface area contributed by atoms with Crippen molar-refractivity contribution < 1.29 is 14.3 Å². The molecule has 0 spiro atoms. The van der Waals surface area contributed by atoms with Crippen LogP contribution in [0.25, 0.3) is 11.0 Å². The monoisotopic (exact) mass is 370 g/mol. The molecule has 0 fully saturated rings. The maximum atomic E-state index is 12.8. The van der Waals surface area contributed by atoms with Crippen molar-refractivity contribution in [3.05, 3.63) is 52.3 Å². The van der Waals surface area contributed by atoms with Crippen molar-refractivity contribution in [2.75, 3.05) is 13.2 Å². The highest BCUT2D eigenvalue weighted by atomic mass is 32.1. The maximum absolute atomic E-state index is 12.8. The van der Waals surface area contributed by atoms with Gasteiger partial charge in [-0.3, -0.25) is 9.20 Å². The van der Waals surface area contributed by atoms with Crippen molar-refractivity contribution in [2.24, 2.45) is 0 Å². The lowest BCUT2D eigenvalue weighted by atomic mass is 10.1. The van der Waals surface area contributed by atoms with Gasteiger partial charge in [-0.15, -0.1) is 11.3 Å². The van der Waals surface area contributed by atoms with Gasteiger partial charge in [0.15, 0.2) is 10.7 Å². The molecule has 136 valence electrons. The number of nitrogens with zero attached hydrogens (tertiary/aromatic N) is 2. The quantitative estimate of drug-likeness (QED) is 0.447. The number of benzene rings is 1. The van der Waals surface area contributed by atoms with Crippen molar-refractivity contribution in [3.63, 3.8) is 0 Å². The number of rotatable bonds is 7. The summed E-state index contributed by atoms with van der Waals surface area (Å²) < 4.78 is 13.1. The third-order valence-corrected chi connectivity index (χ3v) is 4.78. The van der Waals surface area contributed by atoms with Crippen LogP contribution < -0.4 is 9.47 Å². The molecule has 2 heterocycles. The van der Waals surface area contributed by atoms with Crippen LogP contribution in [-0.2, 0) is 0 Å². The number of thiazole rings is 1. The van der Waals surface area contributed by atoms with Gasteiger partial charge < -0.3 is 9.47 Å². The van der Waals surface area contributed by atoms with Crippen LogP contribution in [0.15, 0.2) is 30.5 Å². The summed E-state index contributed by atoms with van der Waals surface area (Å²) >= 11 is 1.63. The van der Waals surface area contributed by atoms with Gasteiger partial charge in [-0.05, 0) is 58.0 Å². The molecule has 0 aliphatic rings. The Morgan fingerprint density at radius 2 is 2.00 bits per heavy atom. The topological polar surface area (TPSA) is 52.8 Å². The number of aromatic nitrogens is 2. The molecule has 0 aliphatic heterocycles. The number of ether oxygens (including phenoxy) is 2. The minimum atomic E-state index is -0.128. The fourth-order valence-corrected chi connectivity index (χ4v) is 3.64. The summed E-state index contributed by atoms with van der Waals surface area (Å²) in [5.41, 5.74) is 2.30. The zero-order chi connectivity index (χ0) is 18.7. The smallest absolute Gasteiger partial charge is 0.194 e. The number of allylic oxidation sites excluding steroid dienone is 1. The van der Waals surface area contributed by atoms with Gasteiger partial charge in [0, 0.05) is 11.1 Å². The van der Waals surface area contributed by atoms with Crippen LogP contribution in [0.3, 0.4) is 0 Å². The minimum absolute atomic E-state index is 0.128. The highest BCUT2D eigenvalue weighted by Crippen LogP contribution is 2.26. The molecule has 3 rings (SSSR count). The van der Waals surface area contributed by atoms with Gasteiger partial charge >= 0.3 is 0 Å². The fraction of sp³-hybridized carbons (Fsp3) is 0.300. The van der Waals surface area contributed by atoms with E-state index in [1.807, 2.05) is 50.4 Å². The van der Waals surface area contributed by atoms with Gasteiger partial charge in [-0.25, -0.2) is 4.98 Å². The zero-order valence-electron chi connectivity index (χ0n) is 15.4. The number of hydrogen-bond acceptors (Lipinski definition) is 5. The number of aryl methyl sites for hydroxylation is 2. The van der Waals surface area contributed by atoms with E-state index in [1.54, 1.807) is 29.5 Å². The number of carbonyl (C=O) groups excluding carboxylic acids is 1. The van der Waals surface area contributed by atoms with E-state index >= 15 is 0 Å². The van der Waals surface area contributed by atoms with E-state index in [0.29, 0.717) is 30.3 Å². The van der Waals surface area contributed by atoms with Gasteiger partial charge in [0.05, 0.1) is 30.2 Å². The van der Waals surface area contributed by atoms with E-state index in [4.69, 9.17) is 9.47 Å². The van der Waals surface area contributed by atoms with Gasteiger partial charge in [-0.2, -0.15) is 0 Å². The first-order valence-electron chi connectivity index (χ1n) is 8.60. The van der Waals surface area contributed by atoms with Crippen LogP contribution in [0, 0.1) is 13.8 Å². The fourth-order valence-electron chi connectivity index (χ4n) is 2.77. The van der Waals surface area contributed by atoms with Crippen LogP contribution in [0.5, 0.6) is 11.5 Å². The Kier molecular flexibility index (Phi) is 5.42. The maximum Gasteiger partial charge on any atom is 0.194 e. The summed E-state index contributed by atoms with van der Waals surface area (Å²) in [6.07, 6.45) is 5.41. The van der Waals surface area contributed by atoms with Crippen LogP contribution >= 0.6 is 11.3 Å². The molecule has 26 heavy (non-hydrogen) atoms. The molecule has 0 unspecified atom stereocenters. The Balaban J connectivity index is 1.94. The molecule has 0 saturated carbocycles. The van der Waals surface area contributed by atoms with E-state index in [0.717, 1.165) is 16.3 Å². The van der Waals surface area contributed by atoms with E-state index in [9.17, 15) is 4.79 Å². The molecule has 1 aromatic carbocycles. The first-order valence-corrected chi connectivity index (χ1v) is 9.42. The lowest BCUT2D eigenvalue weighted by Gasteiger charge is -2.10. The highest BCUT2D eigenvalue weighted by molar-refractivity contribution is 7.17. The van der Waals surface area contributed by atoms with Crippen LogP contribution in [0.4, 0.5) is 0 Å². The SMILES string of the molecule is CCOc1ccc(OCC)c(C(=O)/C=C/c2c(C)nc3sc(C)cn23)c1. The average Bonchev–Trinajstić information content (AvgIpc) is 3.09. The molecule has 0 amide bonds. The summed E-state index contributed by atoms with van der Waals surface area (Å²) in [5.74, 6) is 1.09. The number of ketones is 1. The average molecular weight is 370 g/mol. The Morgan fingerprint density at radius 1 is 1.23 bits per heavy atom. The molecule has 5 nitrogen and oxygen atoms in total. The Morgan fingerprint density at radius 3 is 2.73 bits per heavy atom. The summed E-state index contributed by atoms with van der Waals surface area (Å²) in [4.78, 5) is 19.4. The summed E-state index contributed by atoms with van der Waals surface area (Å²) in [7, 11) is 0. The highest BCUT2D eigenvalue weighted by Gasteiger charge is 2.13. The minimum Gasteiger partial charge on any atom is -0.494 e. The van der Waals surface area contributed by atoms with Crippen molar-refractivity contribution >= 4 is 28.2 Å². The molecule has 0 aliphatic carbocycles. The molecule has 0 radical (unpaired) electrons. The number of imidazole rings is 1. The number of fused-ring (bicyclic) bond motifs is 1. The summed E-state index contributed by atoms with van der Waals surface area (Å²) in [6.45, 7) is 8.83. The molecular weight excluding hydrogens is 348 g/mol. The van der Waals surface area contributed by atoms with E-state index < -0.39 is 0 Å². The molecule has 0 atom stereocenters. The summed E-state index contributed by atoms with van der Waals surface area (Å²) in [5, 5.41) is 0. The third kappa shape index (κ3) is 3.65. The first-order chi connectivity index (χ1) is 12.5.